The van der Waals surface area contributed by atoms with Gasteiger partial charge in [0.15, 0.2) is 0 Å². The largest absolute Gasteiger partial charge is 0.465 e. The van der Waals surface area contributed by atoms with E-state index in [1.54, 1.807) is 0 Å². The third kappa shape index (κ3) is 2.77. The van der Waals surface area contributed by atoms with E-state index in [1.807, 2.05) is 19.1 Å². The van der Waals surface area contributed by atoms with Crippen molar-refractivity contribution in [1.29, 1.82) is 0 Å². The van der Waals surface area contributed by atoms with Gasteiger partial charge in [-0.15, -0.1) is 0 Å². The maximum atomic E-state index is 11.4. The molecule has 0 amide bonds. The van der Waals surface area contributed by atoms with Crippen LogP contribution in [-0.4, -0.2) is 30.6 Å². The standard InChI is InChI=1S/C13H18N2O2/c1-2-17-13(16)9-15-7-6-11-10(8-15)4-3-5-12(11)14/h3-5H,2,6-9,14H2,1H3. The fourth-order valence-electron chi connectivity index (χ4n) is 2.22. The monoisotopic (exact) mass is 234 g/mol. The van der Waals surface area contributed by atoms with Crippen LogP contribution < -0.4 is 5.73 Å². The van der Waals surface area contributed by atoms with Gasteiger partial charge in [-0.3, -0.25) is 9.69 Å². The second-order valence-corrected chi connectivity index (χ2v) is 4.25. The normalized spacial score (nSPS) is 15.4. The highest BCUT2D eigenvalue weighted by Crippen LogP contribution is 2.23. The number of ether oxygens (including phenoxy) is 1. The lowest BCUT2D eigenvalue weighted by molar-refractivity contribution is -0.144. The lowest BCUT2D eigenvalue weighted by Gasteiger charge is -2.28. The number of rotatable bonds is 3. The number of anilines is 1. The van der Waals surface area contributed by atoms with Crippen LogP contribution in [0.5, 0.6) is 0 Å². The molecule has 2 N–H and O–H groups in total. The number of esters is 1. The van der Waals surface area contributed by atoms with E-state index in [0.717, 1.165) is 25.2 Å². The zero-order valence-electron chi connectivity index (χ0n) is 10.1. The van der Waals surface area contributed by atoms with Crippen molar-refractivity contribution in [3.63, 3.8) is 0 Å². The summed E-state index contributed by atoms with van der Waals surface area (Å²) < 4.78 is 4.95. The van der Waals surface area contributed by atoms with E-state index in [2.05, 4.69) is 11.0 Å². The smallest absolute Gasteiger partial charge is 0.320 e. The number of carbonyl (C=O) groups is 1. The molecule has 1 heterocycles. The van der Waals surface area contributed by atoms with E-state index in [1.165, 1.54) is 11.1 Å². The molecule has 0 bridgehead atoms. The van der Waals surface area contributed by atoms with Gasteiger partial charge in [0.2, 0.25) is 0 Å². The zero-order chi connectivity index (χ0) is 12.3. The number of nitrogens with two attached hydrogens (primary N) is 1. The molecule has 0 fully saturated rings. The Morgan fingerprint density at radius 1 is 1.53 bits per heavy atom. The summed E-state index contributed by atoms with van der Waals surface area (Å²) in [7, 11) is 0. The van der Waals surface area contributed by atoms with E-state index in [4.69, 9.17) is 10.5 Å². The lowest BCUT2D eigenvalue weighted by atomic mass is 9.98. The molecule has 1 aliphatic rings. The molecule has 17 heavy (non-hydrogen) atoms. The molecule has 1 aromatic rings. The fraction of sp³-hybridized carbons (Fsp3) is 0.462. The van der Waals surface area contributed by atoms with Crippen LogP contribution in [0, 0.1) is 0 Å². The molecule has 4 nitrogen and oxygen atoms in total. The van der Waals surface area contributed by atoms with Crippen LogP contribution >= 0.6 is 0 Å². The SMILES string of the molecule is CCOC(=O)CN1CCc2c(N)cccc2C1. The molecule has 1 aliphatic heterocycles. The van der Waals surface area contributed by atoms with Crippen LogP contribution in [0.15, 0.2) is 18.2 Å². The summed E-state index contributed by atoms with van der Waals surface area (Å²) in [5, 5.41) is 0. The van der Waals surface area contributed by atoms with E-state index >= 15 is 0 Å². The minimum Gasteiger partial charge on any atom is -0.465 e. The van der Waals surface area contributed by atoms with Crippen LogP contribution in [0.1, 0.15) is 18.1 Å². The Labute approximate surface area is 101 Å². The molecular weight excluding hydrogens is 216 g/mol. The average molecular weight is 234 g/mol. The van der Waals surface area contributed by atoms with Gasteiger partial charge in [0.25, 0.3) is 0 Å². The number of carbonyl (C=O) groups excluding carboxylic acids is 1. The second kappa shape index (κ2) is 5.19. The van der Waals surface area contributed by atoms with Gasteiger partial charge < -0.3 is 10.5 Å². The van der Waals surface area contributed by atoms with Crippen molar-refractivity contribution in [2.24, 2.45) is 0 Å². The maximum Gasteiger partial charge on any atom is 0.320 e. The van der Waals surface area contributed by atoms with Crippen molar-refractivity contribution in [3.8, 4) is 0 Å². The Morgan fingerprint density at radius 2 is 2.35 bits per heavy atom. The van der Waals surface area contributed by atoms with Crippen molar-refractivity contribution in [2.45, 2.75) is 19.9 Å². The van der Waals surface area contributed by atoms with E-state index < -0.39 is 0 Å². The molecule has 2 rings (SSSR count). The summed E-state index contributed by atoms with van der Waals surface area (Å²) in [6, 6.07) is 5.96. The van der Waals surface area contributed by atoms with Crippen LogP contribution in [0.3, 0.4) is 0 Å². The maximum absolute atomic E-state index is 11.4. The van der Waals surface area contributed by atoms with Crippen LogP contribution in [0.4, 0.5) is 5.69 Å². The third-order valence-corrected chi connectivity index (χ3v) is 3.04. The lowest BCUT2D eigenvalue weighted by Crippen LogP contribution is -2.35. The van der Waals surface area contributed by atoms with Gasteiger partial charge in [0, 0.05) is 18.8 Å². The highest BCUT2D eigenvalue weighted by molar-refractivity contribution is 5.71. The van der Waals surface area contributed by atoms with Gasteiger partial charge in [-0.2, -0.15) is 0 Å². The highest BCUT2D eigenvalue weighted by Gasteiger charge is 2.19. The second-order valence-electron chi connectivity index (χ2n) is 4.25. The predicted molar refractivity (Wildman–Crippen MR) is 66.5 cm³/mol. The van der Waals surface area contributed by atoms with E-state index in [0.29, 0.717) is 13.2 Å². The summed E-state index contributed by atoms with van der Waals surface area (Å²) >= 11 is 0. The molecule has 0 atom stereocenters. The first kappa shape index (κ1) is 11.9. The number of fused-ring (bicyclic) bond motifs is 1. The summed E-state index contributed by atoms with van der Waals surface area (Å²) in [6.07, 6.45) is 0.904. The quantitative estimate of drug-likeness (QED) is 0.630. The van der Waals surface area contributed by atoms with Gasteiger partial charge in [0.05, 0.1) is 13.2 Å². The van der Waals surface area contributed by atoms with Crippen molar-refractivity contribution in [3.05, 3.63) is 29.3 Å². The first-order valence-corrected chi connectivity index (χ1v) is 5.95. The van der Waals surface area contributed by atoms with Crippen LogP contribution in [0.25, 0.3) is 0 Å². The first-order valence-electron chi connectivity index (χ1n) is 5.95. The van der Waals surface area contributed by atoms with Gasteiger partial charge >= 0.3 is 5.97 Å². The van der Waals surface area contributed by atoms with Crippen LogP contribution in [0.2, 0.25) is 0 Å². The third-order valence-electron chi connectivity index (χ3n) is 3.04. The summed E-state index contributed by atoms with van der Waals surface area (Å²) in [6.45, 7) is 4.27. The molecule has 0 radical (unpaired) electrons. The van der Waals surface area contributed by atoms with Crippen molar-refractivity contribution < 1.29 is 9.53 Å². The molecule has 0 saturated carbocycles. The molecule has 0 saturated heterocycles. The highest BCUT2D eigenvalue weighted by atomic mass is 16.5. The van der Waals surface area contributed by atoms with Crippen molar-refractivity contribution in [2.75, 3.05) is 25.4 Å². The van der Waals surface area contributed by atoms with Crippen molar-refractivity contribution >= 4 is 11.7 Å². The molecule has 4 heteroatoms. The molecule has 0 aromatic heterocycles. The topological polar surface area (TPSA) is 55.6 Å². The molecule has 1 aromatic carbocycles. The minimum absolute atomic E-state index is 0.153. The number of nitrogen functional groups attached to an aromatic ring is 1. The minimum atomic E-state index is -0.153. The number of hydrogen-bond acceptors (Lipinski definition) is 4. The van der Waals surface area contributed by atoms with E-state index in [9.17, 15) is 4.79 Å². The van der Waals surface area contributed by atoms with Gasteiger partial charge in [-0.25, -0.2) is 0 Å². The molecule has 0 spiro atoms. The molecular formula is C13H18N2O2. The number of hydrogen-bond donors (Lipinski definition) is 1. The predicted octanol–water partition coefficient (Wildman–Crippen LogP) is 1.19. The Kier molecular flexibility index (Phi) is 3.64. The van der Waals surface area contributed by atoms with E-state index in [-0.39, 0.29) is 5.97 Å². The van der Waals surface area contributed by atoms with Gasteiger partial charge in [-0.05, 0) is 30.5 Å². The molecule has 92 valence electrons. The Morgan fingerprint density at radius 3 is 3.12 bits per heavy atom. The number of nitrogens with zero attached hydrogens (tertiary/aromatic N) is 1. The summed E-state index contributed by atoms with van der Waals surface area (Å²) in [4.78, 5) is 13.5. The molecule has 0 aliphatic carbocycles. The molecule has 0 unspecified atom stereocenters. The van der Waals surface area contributed by atoms with Crippen LogP contribution in [-0.2, 0) is 22.5 Å². The van der Waals surface area contributed by atoms with Crippen molar-refractivity contribution in [1.82, 2.24) is 4.90 Å². The Hall–Kier alpha value is -1.55. The van der Waals surface area contributed by atoms with Gasteiger partial charge in [-0.1, -0.05) is 12.1 Å². The Balaban J connectivity index is 2.01. The summed E-state index contributed by atoms with van der Waals surface area (Å²) in [5.74, 6) is -0.153. The Bertz CT molecular complexity index is 418. The van der Waals surface area contributed by atoms with Gasteiger partial charge in [0.1, 0.15) is 0 Å². The number of benzene rings is 1. The fourth-order valence-corrected chi connectivity index (χ4v) is 2.22. The average Bonchev–Trinajstić information content (AvgIpc) is 2.29. The summed E-state index contributed by atoms with van der Waals surface area (Å²) in [5.41, 5.74) is 9.24. The first-order chi connectivity index (χ1) is 8.20. The zero-order valence-corrected chi connectivity index (χ0v) is 10.1.